The Morgan fingerprint density at radius 2 is 1.86 bits per heavy atom. The summed E-state index contributed by atoms with van der Waals surface area (Å²) in [5, 5.41) is 3.78. The van der Waals surface area contributed by atoms with Gasteiger partial charge >= 0.3 is 0 Å². The summed E-state index contributed by atoms with van der Waals surface area (Å²) in [4.78, 5) is 0. The van der Waals surface area contributed by atoms with E-state index >= 15 is 0 Å². The zero-order valence-electron chi connectivity index (χ0n) is 11.2. The van der Waals surface area contributed by atoms with Crippen LogP contribution in [0, 0.1) is 12.7 Å². The highest BCUT2D eigenvalue weighted by Gasteiger charge is 2.21. The van der Waals surface area contributed by atoms with E-state index in [9.17, 15) is 4.39 Å². The molecule has 0 fully saturated rings. The fourth-order valence-corrected chi connectivity index (χ4v) is 2.53. The molecule has 3 rings (SSSR count). The number of halogens is 2. The van der Waals surface area contributed by atoms with Gasteiger partial charge in [-0.25, -0.2) is 4.39 Å². The lowest BCUT2D eigenvalue weighted by atomic mass is 10.0. The molecule has 0 atom stereocenters. The minimum atomic E-state index is -0.401. The van der Waals surface area contributed by atoms with Crippen LogP contribution < -0.4 is 5.73 Å². The number of benzene rings is 2. The number of nitrogens with zero attached hydrogens (tertiary/aromatic N) is 1. The molecular weight excluding hydrogens is 335 g/mol. The number of aromatic nitrogens is 1. The number of nitrogens with two attached hydrogens (primary N) is 1. The zero-order valence-corrected chi connectivity index (χ0v) is 12.8. The van der Waals surface area contributed by atoms with Gasteiger partial charge in [-0.1, -0.05) is 41.1 Å². The third-order valence-corrected chi connectivity index (χ3v) is 3.87. The van der Waals surface area contributed by atoms with E-state index < -0.39 is 5.82 Å². The molecule has 3 nitrogen and oxygen atoms in total. The third kappa shape index (κ3) is 2.45. The SMILES string of the molecule is Cc1ccc(-c2c(N)noc2-c2cccc(Br)c2F)cc1. The van der Waals surface area contributed by atoms with Crippen LogP contribution in [0.4, 0.5) is 10.2 Å². The van der Waals surface area contributed by atoms with Crippen LogP contribution in [0.2, 0.25) is 0 Å². The first kappa shape index (κ1) is 13.8. The summed E-state index contributed by atoms with van der Waals surface area (Å²) in [5.74, 6) is 0.172. The van der Waals surface area contributed by atoms with Gasteiger partial charge in [-0.15, -0.1) is 0 Å². The predicted molar refractivity (Wildman–Crippen MR) is 84.2 cm³/mol. The number of hydrogen-bond acceptors (Lipinski definition) is 3. The van der Waals surface area contributed by atoms with Crippen LogP contribution in [0.3, 0.4) is 0 Å². The molecule has 0 aliphatic rings. The van der Waals surface area contributed by atoms with E-state index in [1.807, 2.05) is 31.2 Å². The molecule has 0 spiro atoms. The van der Waals surface area contributed by atoms with Crippen molar-refractivity contribution in [3.05, 3.63) is 58.3 Å². The molecule has 0 unspecified atom stereocenters. The summed E-state index contributed by atoms with van der Waals surface area (Å²) in [5.41, 5.74) is 8.79. The second-order valence-corrected chi connectivity index (χ2v) is 5.59. The van der Waals surface area contributed by atoms with Crippen molar-refractivity contribution in [3.63, 3.8) is 0 Å². The van der Waals surface area contributed by atoms with Gasteiger partial charge in [0.05, 0.1) is 15.6 Å². The molecule has 0 bridgehead atoms. The normalized spacial score (nSPS) is 10.8. The van der Waals surface area contributed by atoms with Gasteiger partial charge in [0.2, 0.25) is 0 Å². The lowest BCUT2D eigenvalue weighted by Gasteiger charge is -2.05. The molecule has 0 aliphatic carbocycles. The monoisotopic (exact) mass is 346 g/mol. The van der Waals surface area contributed by atoms with E-state index in [0.717, 1.165) is 11.1 Å². The van der Waals surface area contributed by atoms with Gasteiger partial charge in [0, 0.05) is 0 Å². The zero-order chi connectivity index (χ0) is 15.0. The van der Waals surface area contributed by atoms with Gasteiger partial charge in [0.15, 0.2) is 11.6 Å². The largest absolute Gasteiger partial charge is 0.380 e. The summed E-state index contributed by atoms with van der Waals surface area (Å²) in [7, 11) is 0. The minimum Gasteiger partial charge on any atom is -0.380 e. The summed E-state index contributed by atoms with van der Waals surface area (Å²) in [6.07, 6.45) is 0. The Bertz CT molecular complexity index is 797. The Hall–Kier alpha value is -2.14. The molecule has 1 aromatic heterocycles. The van der Waals surface area contributed by atoms with E-state index in [-0.39, 0.29) is 5.82 Å². The molecule has 5 heteroatoms. The molecule has 0 saturated heterocycles. The maximum Gasteiger partial charge on any atom is 0.179 e. The molecule has 0 amide bonds. The Morgan fingerprint density at radius 3 is 2.57 bits per heavy atom. The van der Waals surface area contributed by atoms with Crippen LogP contribution in [0.15, 0.2) is 51.5 Å². The Balaban J connectivity index is 2.22. The van der Waals surface area contributed by atoms with Crippen LogP contribution in [0.25, 0.3) is 22.5 Å². The second-order valence-electron chi connectivity index (χ2n) is 4.74. The van der Waals surface area contributed by atoms with Crippen LogP contribution >= 0.6 is 15.9 Å². The lowest BCUT2D eigenvalue weighted by Crippen LogP contribution is -1.90. The van der Waals surface area contributed by atoms with Crippen molar-refractivity contribution < 1.29 is 8.91 Å². The molecule has 21 heavy (non-hydrogen) atoms. The maximum absolute atomic E-state index is 14.3. The molecule has 3 aromatic rings. The van der Waals surface area contributed by atoms with Crippen LogP contribution in [-0.4, -0.2) is 5.16 Å². The first-order chi connectivity index (χ1) is 10.1. The average molecular weight is 347 g/mol. The highest BCUT2D eigenvalue weighted by molar-refractivity contribution is 9.10. The number of nitrogen functional groups attached to an aromatic ring is 1. The molecular formula is C16H12BrFN2O. The molecule has 0 saturated carbocycles. The van der Waals surface area contributed by atoms with Crippen LogP contribution in [0.1, 0.15) is 5.56 Å². The number of hydrogen-bond donors (Lipinski definition) is 1. The average Bonchev–Trinajstić information content (AvgIpc) is 2.85. The topological polar surface area (TPSA) is 52.0 Å². The van der Waals surface area contributed by atoms with E-state index in [1.165, 1.54) is 0 Å². The molecule has 0 aliphatic heterocycles. The van der Waals surface area contributed by atoms with Crippen molar-refractivity contribution in [1.82, 2.24) is 5.16 Å². The Kier molecular flexibility index (Phi) is 3.51. The third-order valence-electron chi connectivity index (χ3n) is 3.25. The molecule has 2 N–H and O–H groups in total. The Morgan fingerprint density at radius 1 is 1.14 bits per heavy atom. The van der Waals surface area contributed by atoms with Crippen molar-refractivity contribution in [2.45, 2.75) is 6.92 Å². The van der Waals surface area contributed by atoms with Gasteiger partial charge in [0.25, 0.3) is 0 Å². The highest BCUT2D eigenvalue weighted by atomic mass is 79.9. The fourth-order valence-electron chi connectivity index (χ4n) is 2.16. The highest BCUT2D eigenvalue weighted by Crippen LogP contribution is 2.38. The van der Waals surface area contributed by atoms with Crippen molar-refractivity contribution in [3.8, 4) is 22.5 Å². The van der Waals surface area contributed by atoms with Gasteiger partial charge < -0.3 is 10.3 Å². The van der Waals surface area contributed by atoms with E-state index in [1.54, 1.807) is 18.2 Å². The number of aryl methyl sites for hydroxylation is 1. The second kappa shape index (κ2) is 5.33. The maximum atomic E-state index is 14.3. The van der Waals surface area contributed by atoms with E-state index in [0.29, 0.717) is 21.4 Å². The molecule has 0 radical (unpaired) electrons. The van der Waals surface area contributed by atoms with Crippen molar-refractivity contribution in [1.29, 1.82) is 0 Å². The molecule has 2 aromatic carbocycles. The fraction of sp³-hybridized carbons (Fsp3) is 0.0625. The van der Waals surface area contributed by atoms with Gasteiger partial charge in [0.1, 0.15) is 5.82 Å². The predicted octanol–water partition coefficient (Wildman–Crippen LogP) is 4.80. The quantitative estimate of drug-likeness (QED) is 0.724. The first-order valence-corrected chi connectivity index (χ1v) is 7.14. The molecule has 1 heterocycles. The standard InChI is InChI=1S/C16H12BrFN2O/c1-9-5-7-10(8-6-9)13-15(21-20-16(13)19)11-3-2-4-12(17)14(11)18/h2-8H,1H3,(H2,19,20). The lowest BCUT2D eigenvalue weighted by molar-refractivity contribution is 0.433. The van der Waals surface area contributed by atoms with Crippen LogP contribution in [-0.2, 0) is 0 Å². The number of anilines is 1. The smallest absolute Gasteiger partial charge is 0.179 e. The van der Waals surface area contributed by atoms with Gasteiger partial charge in [-0.05, 0) is 40.5 Å². The van der Waals surface area contributed by atoms with Crippen molar-refractivity contribution in [2.24, 2.45) is 0 Å². The van der Waals surface area contributed by atoms with E-state index in [2.05, 4.69) is 21.1 Å². The van der Waals surface area contributed by atoms with Gasteiger partial charge in [-0.3, -0.25) is 0 Å². The van der Waals surface area contributed by atoms with Crippen LogP contribution in [0.5, 0.6) is 0 Å². The van der Waals surface area contributed by atoms with E-state index in [4.69, 9.17) is 10.3 Å². The summed E-state index contributed by atoms with van der Waals surface area (Å²) in [6.45, 7) is 2.00. The van der Waals surface area contributed by atoms with Crippen molar-refractivity contribution >= 4 is 21.7 Å². The van der Waals surface area contributed by atoms with Crippen molar-refractivity contribution in [2.75, 3.05) is 5.73 Å². The summed E-state index contributed by atoms with van der Waals surface area (Å²) in [6, 6.07) is 12.8. The summed E-state index contributed by atoms with van der Waals surface area (Å²) < 4.78 is 19.9. The minimum absolute atomic E-state index is 0.244. The Labute approximate surface area is 129 Å². The first-order valence-electron chi connectivity index (χ1n) is 6.34. The summed E-state index contributed by atoms with van der Waals surface area (Å²) >= 11 is 3.17. The number of rotatable bonds is 2. The molecule has 106 valence electrons. The van der Waals surface area contributed by atoms with Gasteiger partial charge in [-0.2, -0.15) is 0 Å².